The van der Waals surface area contributed by atoms with Gasteiger partial charge in [-0.05, 0) is 24.0 Å². The molecule has 21 heavy (non-hydrogen) atoms. The molecule has 0 aromatic carbocycles. The fraction of sp³-hybridized carbons (Fsp3) is 0.467. The monoisotopic (exact) mass is 289 g/mol. The molecule has 112 valence electrons. The number of carbonyl (C=O) groups is 1. The summed E-state index contributed by atoms with van der Waals surface area (Å²) in [4.78, 5) is 14.3. The topological polar surface area (TPSA) is 85.5 Å². The van der Waals surface area contributed by atoms with E-state index in [-0.39, 0.29) is 17.4 Å². The first-order chi connectivity index (χ1) is 9.97. The van der Waals surface area contributed by atoms with Crippen LogP contribution in [0.2, 0.25) is 0 Å². The smallest absolute Gasteiger partial charge is 0.276 e. The van der Waals surface area contributed by atoms with Gasteiger partial charge < -0.3 is 19.6 Å². The highest BCUT2D eigenvalue weighted by Crippen LogP contribution is 2.29. The van der Waals surface area contributed by atoms with E-state index in [1.807, 2.05) is 0 Å². The van der Waals surface area contributed by atoms with Crippen LogP contribution in [0.25, 0.3) is 11.5 Å². The fourth-order valence-corrected chi connectivity index (χ4v) is 2.62. The van der Waals surface area contributed by atoms with Gasteiger partial charge in [-0.3, -0.25) is 4.79 Å². The van der Waals surface area contributed by atoms with Crippen LogP contribution in [0.1, 0.15) is 30.8 Å². The molecule has 1 fully saturated rings. The van der Waals surface area contributed by atoms with Crippen molar-refractivity contribution in [1.82, 2.24) is 10.1 Å². The normalized spacial score (nSPS) is 21.5. The molecule has 1 aliphatic heterocycles. The maximum atomic E-state index is 12.5. The Morgan fingerprint density at radius 1 is 1.48 bits per heavy atom. The molecule has 6 nitrogen and oxygen atoms in total. The molecule has 1 aliphatic rings. The maximum absolute atomic E-state index is 12.5. The first-order valence-electron chi connectivity index (χ1n) is 7.03. The average Bonchev–Trinajstić information content (AvgIpc) is 3.10. The van der Waals surface area contributed by atoms with Gasteiger partial charge in [-0.1, -0.05) is 19.0 Å². The van der Waals surface area contributed by atoms with Crippen LogP contribution in [-0.2, 0) is 0 Å². The van der Waals surface area contributed by atoms with Crippen LogP contribution < -0.4 is 5.73 Å². The van der Waals surface area contributed by atoms with Crippen molar-refractivity contribution in [3.63, 3.8) is 0 Å². The van der Waals surface area contributed by atoms with Gasteiger partial charge in [0.05, 0.1) is 6.26 Å². The Kier molecular flexibility index (Phi) is 3.33. The summed E-state index contributed by atoms with van der Waals surface area (Å²) in [7, 11) is 0. The summed E-state index contributed by atoms with van der Waals surface area (Å²) < 4.78 is 10.4. The lowest BCUT2D eigenvalue weighted by atomic mass is 9.79. The summed E-state index contributed by atoms with van der Waals surface area (Å²) in [6.07, 6.45) is 2.34. The van der Waals surface area contributed by atoms with Gasteiger partial charge in [0.15, 0.2) is 11.5 Å². The molecule has 0 radical (unpaired) electrons. The number of nitrogens with zero attached hydrogens (tertiary/aromatic N) is 2. The molecule has 2 aromatic rings. The Labute approximate surface area is 122 Å². The van der Waals surface area contributed by atoms with Crippen LogP contribution in [-0.4, -0.2) is 35.1 Å². The lowest BCUT2D eigenvalue weighted by Gasteiger charge is -2.42. The summed E-state index contributed by atoms with van der Waals surface area (Å²) in [6, 6.07) is 5.24. The number of nitrogens with two attached hydrogens (primary N) is 1. The molecule has 1 amide bonds. The van der Waals surface area contributed by atoms with Crippen molar-refractivity contribution in [3.05, 3.63) is 30.2 Å². The second kappa shape index (κ2) is 5.04. The van der Waals surface area contributed by atoms with Crippen LogP contribution >= 0.6 is 0 Å². The van der Waals surface area contributed by atoms with Crippen molar-refractivity contribution in [2.45, 2.75) is 26.3 Å². The number of hydrogen-bond donors (Lipinski definition) is 1. The number of piperidine rings is 1. The molecule has 2 aromatic heterocycles. The van der Waals surface area contributed by atoms with E-state index in [4.69, 9.17) is 14.7 Å². The number of furan rings is 1. The van der Waals surface area contributed by atoms with E-state index in [1.54, 1.807) is 29.4 Å². The van der Waals surface area contributed by atoms with E-state index >= 15 is 0 Å². The van der Waals surface area contributed by atoms with Crippen molar-refractivity contribution in [3.8, 4) is 11.5 Å². The Hall–Kier alpha value is -2.08. The molecule has 1 unspecified atom stereocenters. The third-order valence-corrected chi connectivity index (χ3v) is 4.09. The first-order valence-corrected chi connectivity index (χ1v) is 7.03. The molecule has 2 N–H and O–H groups in total. The molecule has 0 aliphatic carbocycles. The molecule has 0 bridgehead atoms. The lowest BCUT2D eigenvalue weighted by molar-refractivity contribution is 0.0523. The van der Waals surface area contributed by atoms with Gasteiger partial charge in [0.1, 0.15) is 0 Å². The maximum Gasteiger partial charge on any atom is 0.276 e. The molecular weight excluding hydrogens is 270 g/mol. The summed E-state index contributed by atoms with van der Waals surface area (Å²) in [6.45, 7) is 5.42. The Balaban J connectivity index is 1.77. The quantitative estimate of drug-likeness (QED) is 0.915. The molecule has 1 atom stereocenters. The van der Waals surface area contributed by atoms with E-state index < -0.39 is 0 Å². The van der Waals surface area contributed by atoms with Crippen LogP contribution in [0, 0.1) is 5.41 Å². The van der Waals surface area contributed by atoms with Crippen molar-refractivity contribution in [2.24, 2.45) is 11.1 Å². The number of aromatic nitrogens is 1. The van der Waals surface area contributed by atoms with E-state index in [0.29, 0.717) is 30.3 Å². The minimum atomic E-state index is -0.128. The summed E-state index contributed by atoms with van der Waals surface area (Å²) >= 11 is 0. The Bertz CT molecular complexity index is 630. The highest BCUT2D eigenvalue weighted by molar-refractivity contribution is 5.93. The van der Waals surface area contributed by atoms with Gasteiger partial charge in [0, 0.05) is 25.2 Å². The summed E-state index contributed by atoms with van der Waals surface area (Å²) in [5.41, 5.74) is 6.30. The highest BCUT2D eigenvalue weighted by atomic mass is 16.5. The van der Waals surface area contributed by atoms with Crippen molar-refractivity contribution in [2.75, 3.05) is 13.1 Å². The van der Waals surface area contributed by atoms with E-state index in [9.17, 15) is 4.79 Å². The third-order valence-electron chi connectivity index (χ3n) is 4.09. The number of carbonyl (C=O) groups excluding carboxylic acids is 1. The van der Waals surface area contributed by atoms with Crippen LogP contribution in [0.15, 0.2) is 33.4 Å². The van der Waals surface area contributed by atoms with Crippen molar-refractivity contribution >= 4 is 5.91 Å². The molecule has 1 saturated heterocycles. The standard InChI is InChI=1S/C15H19N3O3/c1-15(2)9-18(6-5-13(15)16)14(19)10-8-12(21-17-10)11-4-3-7-20-11/h3-4,7-8,13H,5-6,9,16H2,1-2H3. The predicted molar refractivity (Wildman–Crippen MR) is 76.5 cm³/mol. The van der Waals surface area contributed by atoms with Gasteiger partial charge >= 0.3 is 0 Å². The zero-order chi connectivity index (χ0) is 15.0. The molecule has 3 heterocycles. The predicted octanol–water partition coefficient (Wildman–Crippen LogP) is 2.13. The SMILES string of the molecule is CC1(C)CN(C(=O)c2cc(-c3ccco3)on2)CCC1N. The molecular formula is C15H19N3O3. The number of hydrogen-bond acceptors (Lipinski definition) is 5. The van der Waals surface area contributed by atoms with E-state index in [2.05, 4.69) is 19.0 Å². The van der Waals surface area contributed by atoms with Crippen LogP contribution in [0.3, 0.4) is 0 Å². The zero-order valence-electron chi connectivity index (χ0n) is 12.2. The minimum Gasteiger partial charge on any atom is -0.461 e. The Morgan fingerprint density at radius 2 is 2.29 bits per heavy atom. The molecule has 3 rings (SSSR count). The first kappa shape index (κ1) is 13.9. The largest absolute Gasteiger partial charge is 0.461 e. The molecule has 0 spiro atoms. The number of rotatable bonds is 2. The lowest BCUT2D eigenvalue weighted by Crippen LogP contribution is -2.54. The van der Waals surface area contributed by atoms with Crippen LogP contribution in [0.5, 0.6) is 0 Å². The fourth-order valence-electron chi connectivity index (χ4n) is 2.62. The van der Waals surface area contributed by atoms with E-state index in [0.717, 1.165) is 6.42 Å². The van der Waals surface area contributed by atoms with Gasteiger partial charge in [0.25, 0.3) is 5.91 Å². The zero-order valence-corrected chi connectivity index (χ0v) is 12.2. The van der Waals surface area contributed by atoms with Crippen molar-refractivity contribution < 1.29 is 13.7 Å². The summed E-state index contributed by atoms with van der Waals surface area (Å²) in [5, 5.41) is 3.86. The average molecular weight is 289 g/mol. The highest BCUT2D eigenvalue weighted by Gasteiger charge is 2.36. The summed E-state index contributed by atoms with van der Waals surface area (Å²) in [5.74, 6) is 0.885. The van der Waals surface area contributed by atoms with Crippen molar-refractivity contribution in [1.29, 1.82) is 0 Å². The third kappa shape index (κ3) is 2.58. The second-order valence-corrected chi connectivity index (χ2v) is 6.16. The molecule has 0 saturated carbocycles. The Morgan fingerprint density at radius 3 is 2.95 bits per heavy atom. The van der Waals surface area contributed by atoms with Gasteiger partial charge in [0.2, 0.25) is 5.76 Å². The van der Waals surface area contributed by atoms with Gasteiger partial charge in [-0.25, -0.2) is 0 Å². The van der Waals surface area contributed by atoms with Gasteiger partial charge in [-0.2, -0.15) is 0 Å². The van der Waals surface area contributed by atoms with Gasteiger partial charge in [-0.15, -0.1) is 0 Å². The minimum absolute atomic E-state index is 0.0957. The number of likely N-dealkylation sites (tertiary alicyclic amines) is 1. The number of amides is 1. The van der Waals surface area contributed by atoms with E-state index in [1.165, 1.54) is 0 Å². The molecule has 6 heteroatoms. The van der Waals surface area contributed by atoms with Crippen LogP contribution in [0.4, 0.5) is 0 Å². The second-order valence-electron chi connectivity index (χ2n) is 6.16.